The summed E-state index contributed by atoms with van der Waals surface area (Å²) < 4.78 is 0. The van der Waals surface area contributed by atoms with Gasteiger partial charge in [-0.1, -0.05) is 33.1 Å². The topological polar surface area (TPSA) is 23.5 Å². The molecular weight excluding hydrogens is 234 g/mol. The van der Waals surface area contributed by atoms with Crippen molar-refractivity contribution in [2.45, 2.75) is 65.2 Å². The fourth-order valence-electron chi connectivity index (χ4n) is 4.01. The molecule has 0 radical (unpaired) electrons. The third kappa shape index (κ3) is 4.19. The third-order valence-corrected chi connectivity index (χ3v) is 5.75. The fourth-order valence-corrected chi connectivity index (χ4v) is 4.01. The lowest BCUT2D eigenvalue weighted by Crippen LogP contribution is -2.43. The van der Waals surface area contributed by atoms with Crippen LogP contribution < -0.4 is 0 Å². The molecule has 2 rings (SSSR count). The normalized spacial score (nSPS) is 38.1. The molecule has 0 aromatic carbocycles. The molecule has 2 nitrogen and oxygen atoms in total. The summed E-state index contributed by atoms with van der Waals surface area (Å²) in [5, 5.41) is 9.90. The highest BCUT2D eigenvalue weighted by Crippen LogP contribution is 2.39. The Bertz CT molecular complexity index is 258. The Morgan fingerprint density at radius 1 is 1.11 bits per heavy atom. The van der Waals surface area contributed by atoms with E-state index in [0.29, 0.717) is 6.61 Å². The van der Waals surface area contributed by atoms with Crippen molar-refractivity contribution in [1.29, 1.82) is 0 Å². The molecular formula is C17H33NO. The number of rotatable bonds is 4. The molecule has 112 valence electrons. The van der Waals surface area contributed by atoms with Gasteiger partial charge in [0.15, 0.2) is 0 Å². The van der Waals surface area contributed by atoms with E-state index in [2.05, 4.69) is 18.7 Å². The van der Waals surface area contributed by atoms with Gasteiger partial charge in [0.2, 0.25) is 0 Å². The van der Waals surface area contributed by atoms with E-state index in [4.69, 9.17) is 0 Å². The zero-order valence-electron chi connectivity index (χ0n) is 13.0. The number of likely N-dealkylation sites (tertiary alicyclic amines) is 1. The first-order valence-corrected chi connectivity index (χ1v) is 8.50. The van der Waals surface area contributed by atoms with Crippen LogP contribution in [0.3, 0.4) is 0 Å². The Balaban J connectivity index is 1.87. The second-order valence-corrected chi connectivity index (χ2v) is 7.32. The van der Waals surface area contributed by atoms with E-state index in [1.165, 1.54) is 64.5 Å². The van der Waals surface area contributed by atoms with Crippen LogP contribution in [0.5, 0.6) is 0 Å². The molecule has 0 amide bonds. The van der Waals surface area contributed by atoms with E-state index in [1.807, 2.05) is 0 Å². The zero-order valence-corrected chi connectivity index (χ0v) is 13.0. The summed E-state index contributed by atoms with van der Waals surface area (Å²) >= 11 is 0. The molecule has 2 fully saturated rings. The average molecular weight is 267 g/mol. The summed E-state index contributed by atoms with van der Waals surface area (Å²) in [6, 6.07) is 0. The van der Waals surface area contributed by atoms with Crippen molar-refractivity contribution in [3.63, 3.8) is 0 Å². The summed E-state index contributed by atoms with van der Waals surface area (Å²) in [5.74, 6) is 1.81. The first-order chi connectivity index (χ1) is 9.17. The molecule has 1 saturated carbocycles. The maximum atomic E-state index is 9.90. The lowest BCUT2D eigenvalue weighted by atomic mass is 9.71. The first kappa shape index (κ1) is 15.3. The van der Waals surface area contributed by atoms with Gasteiger partial charge in [-0.15, -0.1) is 0 Å². The van der Waals surface area contributed by atoms with E-state index in [0.717, 1.165) is 18.4 Å². The highest BCUT2D eigenvalue weighted by Gasteiger charge is 2.35. The number of nitrogens with zero attached hydrogens (tertiary/aromatic N) is 1. The van der Waals surface area contributed by atoms with Crippen LogP contribution in [0.2, 0.25) is 0 Å². The van der Waals surface area contributed by atoms with Crippen molar-refractivity contribution in [1.82, 2.24) is 4.90 Å². The van der Waals surface area contributed by atoms with Gasteiger partial charge < -0.3 is 10.0 Å². The van der Waals surface area contributed by atoms with Gasteiger partial charge in [0.1, 0.15) is 0 Å². The Morgan fingerprint density at radius 2 is 1.84 bits per heavy atom. The Kier molecular flexibility index (Phi) is 5.70. The predicted molar refractivity (Wildman–Crippen MR) is 81.2 cm³/mol. The van der Waals surface area contributed by atoms with E-state index in [-0.39, 0.29) is 5.41 Å². The van der Waals surface area contributed by atoms with Crippen LogP contribution in [0.15, 0.2) is 0 Å². The van der Waals surface area contributed by atoms with Crippen LogP contribution in [0.25, 0.3) is 0 Å². The molecule has 0 spiro atoms. The van der Waals surface area contributed by atoms with Gasteiger partial charge in [-0.25, -0.2) is 0 Å². The number of aliphatic hydroxyl groups is 1. The molecule has 2 aliphatic rings. The third-order valence-electron chi connectivity index (χ3n) is 5.75. The molecule has 1 heterocycles. The summed E-state index contributed by atoms with van der Waals surface area (Å²) in [7, 11) is 0. The maximum absolute atomic E-state index is 9.90. The molecule has 1 N–H and O–H groups in total. The zero-order chi connectivity index (χ0) is 13.7. The maximum Gasteiger partial charge on any atom is 0.0499 e. The molecule has 0 bridgehead atoms. The van der Waals surface area contributed by atoms with Crippen LogP contribution in [-0.2, 0) is 0 Å². The fraction of sp³-hybridized carbons (Fsp3) is 1.00. The number of hydrogen-bond acceptors (Lipinski definition) is 2. The van der Waals surface area contributed by atoms with Gasteiger partial charge in [-0.3, -0.25) is 0 Å². The van der Waals surface area contributed by atoms with E-state index >= 15 is 0 Å². The summed E-state index contributed by atoms with van der Waals surface area (Å²) in [6.45, 7) is 8.75. The van der Waals surface area contributed by atoms with Gasteiger partial charge in [-0.05, 0) is 57.0 Å². The Morgan fingerprint density at radius 3 is 2.47 bits per heavy atom. The summed E-state index contributed by atoms with van der Waals surface area (Å²) in [4.78, 5) is 2.65. The molecule has 19 heavy (non-hydrogen) atoms. The monoisotopic (exact) mass is 267 g/mol. The van der Waals surface area contributed by atoms with Crippen molar-refractivity contribution in [2.75, 3.05) is 26.2 Å². The predicted octanol–water partition coefficient (Wildman–Crippen LogP) is 3.69. The molecule has 1 aliphatic heterocycles. The molecule has 1 unspecified atom stereocenters. The van der Waals surface area contributed by atoms with Crippen molar-refractivity contribution < 1.29 is 5.11 Å². The van der Waals surface area contributed by atoms with Crippen molar-refractivity contribution in [3.05, 3.63) is 0 Å². The van der Waals surface area contributed by atoms with Crippen LogP contribution in [0.1, 0.15) is 65.2 Å². The second-order valence-electron chi connectivity index (χ2n) is 7.32. The Labute approximate surface area is 119 Å². The van der Waals surface area contributed by atoms with Crippen LogP contribution in [0.4, 0.5) is 0 Å². The van der Waals surface area contributed by atoms with Gasteiger partial charge in [0.25, 0.3) is 0 Å². The molecule has 2 heteroatoms. The van der Waals surface area contributed by atoms with Gasteiger partial charge in [0.05, 0.1) is 0 Å². The lowest BCUT2D eigenvalue weighted by Gasteiger charge is -2.41. The van der Waals surface area contributed by atoms with E-state index in [1.54, 1.807) is 0 Å². The number of hydrogen-bond donors (Lipinski definition) is 1. The second kappa shape index (κ2) is 7.08. The number of aliphatic hydroxyl groups excluding tert-OH is 1. The van der Waals surface area contributed by atoms with Gasteiger partial charge in [-0.2, -0.15) is 0 Å². The lowest BCUT2D eigenvalue weighted by molar-refractivity contribution is 0.0300. The average Bonchev–Trinajstić information content (AvgIpc) is 2.67. The van der Waals surface area contributed by atoms with E-state index in [9.17, 15) is 5.11 Å². The van der Waals surface area contributed by atoms with Gasteiger partial charge in [0, 0.05) is 18.6 Å². The Hall–Kier alpha value is -0.0800. The highest BCUT2D eigenvalue weighted by molar-refractivity contribution is 4.87. The molecule has 0 aromatic heterocycles. The SMILES string of the molecule is CCC1CCCN(CC2(CO)CCC(C)CC2)CC1. The summed E-state index contributed by atoms with van der Waals surface area (Å²) in [5.41, 5.74) is 0.221. The largest absolute Gasteiger partial charge is 0.396 e. The van der Waals surface area contributed by atoms with Crippen molar-refractivity contribution >= 4 is 0 Å². The van der Waals surface area contributed by atoms with Crippen molar-refractivity contribution in [2.24, 2.45) is 17.3 Å². The minimum absolute atomic E-state index is 0.221. The van der Waals surface area contributed by atoms with Crippen molar-refractivity contribution in [3.8, 4) is 0 Å². The first-order valence-electron chi connectivity index (χ1n) is 8.50. The van der Waals surface area contributed by atoms with Crippen LogP contribution in [-0.4, -0.2) is 36.2 Å². The minimum atomic E-state index is 0.221. The highest BCUT2D eigenvalue weighted by atomic mass is 16.3. The quantitative estimate of drug-likeness (QED) is 0.840. The standard InChI is InChI=1S/C17H33NO/c1-3-16-5-4-11-18(12-8-16)13-17(14-19)9-6-15(2)7-10-17/h15-16,19H,3-14H2,1-2H3. The van der Waals surface area contributed by atoms with Crippen LogP contribution in [0, 0.1) is 17.3 Å². The van der Waals surface area contributed by atoms with E-state index < -0.39 is 0 Å². The molecule has 1 saturated heterocycles. The molecule has 1 atom stereocenters. The van der Waals surface area contributed by atoms with Gasteiger partial charge >= 0.3 is 0 Å². The van der Waals surface area contributed by atoms with Crippen LogP contribution >= 0.6 is 0 Å². The molecule has 1 aliphatic carbocycles. The molecule has 0 aromatic rings. The smallest absolute Gasteiger partial charge is 0.0499 e. The summed E-state index contributed by atoms with van der Waals surface area (Å²) in [6.07, 6.45) is 10.6. The minimum Gasteiger partial charge on any atom is -0.396 e.